The smallest absolute Gasteiger partial charge is 0.289 e. The Hall–Kier alpha value is -1.72. The zero-order chi connectivity index (χ0) is 18.8. The van der Waals surface area contributed by atoms with E-state index in [0.717, 1.165) is 27.6 Å². The Morgan fingerprint density at radius 1 is 0.962 bits per heavy atom. The molecule has 1 heterocycles. The van der Waals surface area contributed by atoms with Gasteiger partial charge in [-0.15, -0.1) is 0 Å². The summed E-state index contributed by atoms with van der Waals surface area (Å²) in [5, 5.41) is 0. The van der Waals surface area contributed by atoms with Crippen molar-refractivity contribution in [3.8, 4) is 0 Å². The van der Waals surface area contributed by atoms with Gasteiger partial charge in [-0.1, -0.05) is 0 Å². The lowest BCUT2D eigenvalue weighted by atomic mass is 9.48. The Bertz CT molecular complexity index is 639. The average molecular weight is 359 g/mol. The van der Waals surface area contributed by atoms with Crippen molar-refractivity contribution in [1.29, 1.82) is 0 Å². The van der Waals surface area contributed by atoms with Crippen LogP contribution in [0, 0.1) is 29.1 Å². The van der Waals surface area contributed by atoms with Crippen LogP contribution in [0.15, 0.2) is 4.99 Å². The maximum atomic E-state index is 12.5. The van der Waals surface area contributed by atoms with Gasteiger partial charge in [-0.2, -0.15) is 0 Å². The molecule has 142 valence electrons. The predicted octanol–water partition coefficient (Wildman–Crippen LogP) is 2.72. The van der Waals surface area contributed by atoms with Gasteiger partial charge in [0, 0.05) is 19.8 Å². The number of amides is 4. The Morgan fingerprint density at radius 2 is 1.38 bits per heavy atom. The molecule has 0 N–H and O–H groups in total. The standard InChI is InChI=1S/C20H29N3O3/c1-11(16-17(24)22(3)19(26)23(4)18(16)25)21-12(2)20-8-13-5-14(9-20)7-15(6-13)10-20/h12-16H,5-10H2,1-4H3/t12-,13?,14?,15?,20?/m1/s1. The van der Waals surface area contributed by atoms with Crippen LogP contribution in [0.5, 0.6) is 0 Å². The topological polar surface area (TPSA) is 70.1 Å². The average Bonchev–Trinajstić information content (AvgIpc) is 2.57. The highest BCUT2D eigenvalue weighted by molar-refractivity contribution is 6.26. The van der Waals surface area contributed by atoms with Crippen LogP contribution in [0.1, 0.15) is 52.4 Å². The van der Waals surface area contributed by atoms with Crippen LogP contribution in [-0.4, -0.2) is 53.5 Å². The largest absolute Gasteiger partial charge is 0.332 e. The summed E-state index contributed by atoms with van der Waals surface area (Å²) in [6.07, 6.45) is 7.86. The first-order valence-electron chi connectivity index (χ1n) is 9.85. The third-order valence-corrected chi connectivity index (χ3v) is 7.52. The van der Waals surface area contributed by atoms with Crippen LogP contribution in [-0.2, 0) is 9.59 Å². The molecule has 0 spiro atoms. The highest BCUT2D eigenvalue weighted by Gasteiger charge is 2.53. The number of aliphatic imine (C=N–C) groups is 1. The summed E-state index contributed by atoms with van der Waals surface area (Å²) in [4.78, 5) is 44.0. The molecule has 0 aromatic rings. The zero-order valence-electron chi connectivity index (χ0n) is 16.2. The molecule has 6 heteroatoms. The van der Waals surface area contributed by atoms with E-state index in [1.165, 1.54) is 52.6 Å². The number of hydrogen-bond acceptors (Lipinski definition) is 4. The SMILES string of the molecule is CC(=N[C@H](C)C12CC3CC(CC(C3)C1)C2)C1C(=O)N(C)C(=O)N(C)C1=O. The van der Waals surface area contributed by atoms with Crippen LogP contribution in [0.25, 0.3) is 0 Å². The molecule has 1 aliphatic heterocycles. The first kappa shape index (κ1) is 17.7. The van der Waals surface area contributed by atoms with E-state index >= 15 is 0 Å². The summed E-state index contributed by atoms with van der Waals surface area (Å²) in [5.41, 5.74) is 0.791. The van der Waals surface area contributed by atoms with E-state index in [-0.39, 0.29) is 11.5 Å². The molecule has 5 fully saturated rings. The highest BCUT2D eigenvalue weighted by Crippen LogP contribution is 2.61. The molecule has 0 aromatic carbocycles. The predicted molar refractivity (Wildman–Crippen MR) is 97.6 cm³/mol. The van der Waals surface area contributed by atoms with E-state index in [1.807, 2.05) is 0 Å². The van der Waals surface area contributed by atoms with Gasteiger partial charge < -0.3 is 0 Å². The Labute approximate surface area is 155 Å². The maximum Gasteiger partial charge on any atom is 0.332 e. The first-order chi connectivity index (χ1) is 12.2. The minimum absolute atomic E-state index is 0.116. The van der Waals surface area contributed by atoms with E-state index < -0.39 is 23.8 Å². The Balaban J connectivity index is 1.58. The second kappa shape index (κ2) is 5.89. The van der Waals surface area contributed by atoms with Crippen LogP contribution in [0.4, 0.5) is 4.79 Å². The third kappa shape index (κ3) is 2.52. The number of nitrogens with zero attached hydrogens (tertiary/aromatic N) is 3. The van der Waals surface area contributed by atoms with Gasteiger partial charge in [-0.25, -0.2) is 4.79 Å². The van der Waals surface area contributed by atoms with Gasteiger partial charge in [-0.05, 0) is 75.5 Å². The molecule has 4 amide bonds. The number of carbonyl (C=O) groups excluding carboxylic acids is 3. The molecule has 1 saturated heterocycles. The van der Waals surface area contributed by atoms with E-state index in [9.17, 15) is 14.4 Å². The fourth-order valence-corrected chi connectivity index (χ4v) is 6.47. The molecule has 4 bridgehead atoms. The number of urea groups is 1. The molecule has 5 rings (SSSR count). The van der Waals surface area contributed by atoms with Crippen LogP contribution in [0.3, 0.4) is 0 Å². The molecule has 0 aromatic heterocycles. The normalized spacial score (nSPS) is 39.2. The second-order valence-electron chi connectivity index (χ2n) is 9.24. The van der Waals surface area contributed by atoms with Gasteiger partial charge in [0.2, 0.25) is 11.8 Å². The van der Waals surface area contributed by atoms with Gasteiger partial charge in [0.15, 0.2) is 5.92 Å². The zero-order valence-corrected chi connectivity index (χ0v) is 16.2. The summed E-state index contributed by atoms with van der Waals surface area (Å²) in [5.74, 6) is 0.638. The number of barbiturate groups is 1. The fourth-order valence-electron chi connectivity index (χ4n) is 6.47. The van der Waals surface area contributed by atoms with Crippen LogP contribution < -0.4 is 0 Å². The summed E-state index contributed by atoms with van der Waals surface area (Å²) in [6, 6.07) is -0.456. The van der Waals surface area contributed by atoms with Crippen LogP contribution >= 0.6 is 0 Å². The molecule has 4 saturated carbocycles. The summed E-state index contributed by atoms with van der Waals surface area (Å²) < 4.78 is 0. The lowest BCUT2D eigenvalue weighted by Crippen LogP contribution is -2.58. The van der Waals surface area contributed by atoms with Crippen molar-refractivity contribution in [1.82, 2.24) is 9.80 Å². The van der Waals surface area contributed by atoms with Crippen molar-refractivity contribution >= 4 is 23.6 Å². The summed E-state index contributed by atoms with van der Waals surface area (Å²) >= 11 is 0. The monoisotopic (exact) mass is 359 g/mol. The van der Waals surface area contributed by atoms with Gasteiger partial charge >= 0.3 is 6.03 Å². The quantitative estimate of drug-likeness (QED) is 0.575. The van der Waals surface area contributed by atoms with Crippen molar-refractivity contribution in [2.45, 2.75) is 58.4 Å². The van der Waals surface area contributed by atoms with Gasteiger partial charge in [0.25, 0.3) is 0 Å². The molecule has 4 aliphatic carbocycles. The number of rotatable bonds is 3. The number of imide groups is 2. The molecule has 5 aliphatic rings. The van der Waals surface area contributed by atoms with Crippen molar-refractivity contribution in [3.63, 3.8) is 0 Å². The van der Waals surface area contributed by atoms with Crippen molar-refractivity contribution < 1.29 is 14.4 Å². The first-order valence-corrected chi connectivity index (χ1v) is 9.85. The van der Waals surface area contributed by atoms with Gasteiger partial charge in [0.1, 0.15) is 0 Å². The highest BCUT2D eigenvalue weighted by atomic mass is 16.2. The van der Waals surface area contributed by atoms with Gasteiger partial charge in [0.05, 0.1) is 6.04 Å². The van der Waals surface area contributed by atoms with Crippen LogP contribution in [0.2, 0.25) is 0 Å². The number of hydrogen-bond donors (Lipinski definition) is 0. The molecular weight excluding hydrogens is 330 g/mol. The minimum Gasteiger partial charge on any atom is -0.289 e. The van der Waals surface area contributed by atoms with Crippen molar-refractivity contribution in [2.24, 2.45) is 34.1 Å². The number of carbonyl (C=O) groups is 3. The molecule has 1 atom stereocenters. The van der Waals surface area contributed by atoms with Gasteiger partial charge in [-0.3, -0.25) is 24.4 Å². The van der Waals surface area contributed by atoms with E-state index in [1.54, 1.807) is 6.92 Å². The third-order valence-electron chi connectivity index (χ3n) is 7.52. The van der Waals surface area contributed by atoms with E-state index in [0.29, 0.717) is 5.71 Å². The van der Waals surface area contributed by atoms with E-state index in [2.05, 4.69) is 6.92 Å². The molecule has 26 heavy (non-hydrogen) atoms. The molecular formula is C20H29N3O3. The Kier molecular flexibility index (Phi) is 4.01. The van der Waals surface area contributed by atoms with Crippen molar-refractivity contribution in [2.75, 3.05) is 14.1 Å². The molecule has 0 unspecified atom stereocenters. The lowest BCUT2D eigenvalue weighted by molar-refractivity contribution is -0.144. The van der Waals surface area contributed by atoms with Crippen molar-refractivity contribution in [3.05, 3.63) is 0 Å². The lowest BCUT2D eigenvalue weighted by Gasteiger charge is -2.58. The fraction of sp³-hybridized carbons (Fsp3) is 0.800. The summed E-state index contributed by atoms with van der Waals surface area (Å²) in [6.45, 7) is 3.93. The van der Waals surface area contributed by atoms with E-state index in [4.69, 9.17) is 4.99 Å². The molecule has 6 nitrogen and oxygen atoms in total. The minimum atomic E-state index is -0.959. The molecule has 0 radical (unpaired) electrons. The Morgan fingerprint density at radius 3 is 1.81 bits per heavy atom. The summed E-state index contributed by atoms with van der Waals surface area (Å²) in [7, 11) is 2.85. The second-order valence-corrected chi connectivity index (χ2v) is 9.24. The maximum absolute atomic E-state index is 12.5.